The van der Waals surface area contributed by atoms with Crippen LogP contribution in [-0.2, 0) is 0 Å². The summed E-state index contributed by atoms with van der Waals surface area (Å²) in [4.78, 5) is 16.5. The smallest absolute Gasteiger partial charge is 0.255 e. The molecule has 4 atom stereocenters. The zero-order valence-corrected chi connectivity index (χ0v) is 20.0. The molecule has 2 aliphatic rings. The monoisotopic (exact) mass is 449 g/mol. The quantitative estimate of drug-likeness (QED) is 0.576. The third-order valence-corrected chi connectivity index (χ3v) is 7.65. The summed E-state index contributed by atoms with van der Waals surface area (Å²) in [6, 6.07) is 11.9. The number of ether oxygens (including phenoxy) is 4. The van der Waals surface area contributed by atoms with Crippen molar-refractivity contribution in [1.29, 1.82) is 0 Å². The van der Waals surface area contributed by atoms with E-state index in [-0.39, 0.29) is 23.3 Å². The topological polar surface area (TPSA) is 69.8 Å². The van der Waals surface area contributed by atoms with Gasteiger partial charge in [0, 0.05) is 17.2 Å². The van der Waals surface area contributed by atoms with Gasteiger partial charge in [-0.15, -0.1) is 0 Å². The summed E-state index contributed by atoms with van der Waals surface area (Å²) in [6.45, 7) is 6.51. The minimum atomic E-state index is -0.397. The Hall–Kier alpha value is -3.15. The van der Waals surface area contributed by atoms with Crippen LogP contribution < -0.4 is 24.5 Å². The van der Waals surface area contributed by atoms with Gasteiger partial charge in [0.15, 0.2) is 11.5 Å². The molecule has 2 aromatic carbocycles. The Bertz CT molecular complexity index is 1250. The summed E-state index contributed by atoms with van der Waals surface area (Å²) in [5, 5.41) is 0.946. The van der Waals surface area contributed by atoms with E-state index in [2.05, 4.69) is 25.8 Å². The van der Waals surface area contributed by atoms with Crippen molar-refractivity contribution in [3.63, 3.8) is 0 Å². The molecular formula is C27H31NO5. The Balaban J connectivity index is 1.74. The Labute approximate surface area is 193 Å². The van der Waals surface area contributed by atoms with Crippen LogP contribution >= 0.6 is 0 Å². The SMILES string of the molecule is CC[C@@H]1[C@@H](c2cc(OC)c(OC)c(OC)c2)[C@H]2c3c(c4ccccc4[nH]c3=O)OC(C)(C)[C@@H]12. The molecule has 5 rings (SSSR count). The lowest BCUT2D eigenvalue weighted by molar-refractivity contribution is -0.0902. The van der Waals surface area contributed by atoms with Gasteiger partial charge in [0.05, 0.1) is 32.4 Å². The van der Waals surface area contributed by atoms with Crippen LogP contribution in [-0.4, -0.2) is 31.9 Å². The van der Waals surface area contributed by atoms with E-state index in [1.807, 2.05) is 36.4 Å². The van der Waals surface area contributed by atoms with Crippen LogP contribution in [0.15, 0.2) is 41.2 Å². The number of methoxy groups -OCH3 is 3. The zero-order chi connectivity index (χ0) is 23.5. The van der Waals surface area contributed by atoms with Crippen molar-refractivity contribution >= 4 is 10.9 Å². The first kappa shape index (κ1) is 21.7. The predicted octanol–water partition coefficient (Wildman–Crippen LogP) is 5.25. The van der Waals surface area contributed by atoms with Crippen molar-refractivity contribution in [1.82, 2.24) is 4.98 Å². The van der Waals surface area contributed by atoms with E-state index in [1.54, 1.807) is 21.3 Å². The Kier molecular flexibility index (Phi) is 5.07. The maximum Gasteiger partial charge on any atom is 0.255 e. The first-order valence-electron chi connectivity index (χ1n) is 11.5. The third kappa shape index (κ3) is 3.03. The van der Waals surface area contributed by atoms with Gasteiger partial charge in [-0.3, -0.25) is 4.79 Å². The largest absolute Gasteiger partial charge is 0.493 e. The van der Waals surface area contributed by atoms with Gasteiger partial charge >= 0.3 is 0 Å². The molecule has 0 bridgehead atoms. The number of aromatic nitrogens is 1. The summed E-state index contributed by atoms with van der Waals surface area (Å²) < 4.78 is 23.4. The second-order valence-corrected chi connectivity index (χ2v) is 9.56. The van der Waals surface area contributed by atoms with E-state index in [9.17, 15) is 4.79 Å². The number of hydrogen-bond acceptors (Lipinski definition) is 5. The van der Waals surface area contributed by atoms with Gasteiger partial charge in [0.2, 0.25) is 5.75 Å². The zero-order valence-electron chi connectivity index (χ0n) is 20.0. The van der Waals surface area contributed by atoms with E-state index in [4.69, 9.17) is 18.9 Å². The van der Waals surface area contributed by atoms with Crippen LogP contribution in [0.3, 0.4) is 0 Å². The van der Waals surface area contributed by atoms with Crippen LogP contribution in [0.1, 0.15) is 50.2 Å². The molecule has 1 saturated carbocycles. The Morgan fingerprint density at radius 3 is 2.27 bits per heavy atom. The summed E-state index contributed by atoms with van der Waals surface area (Å²) in [5.41, 5.74) is 2.18. The molecule has 0 saturated heterocycles. The molecule has 0 spiro atoms. The molecule has 0 amide bonds. The van der Waals surface area contributed by atoms with Gasteiger partial charge in [-0.25, -0.2) is 0 Å². The van der Waals surface area contributed by atoms with Crippen molar-refractivity contribution in [2.75, 3.05) is 21.3 Å². The fourth-order valence-corrected chi connectivity index (χ4v) is 6.37. The van der Waals surface area contributed by atoms with Gasteiger partial charge in [-0.2, -0.15) is 0 Å². The van der Waals surface area contributed by atoms with E-state index in [0.717, 1.165) is 28.5 Å². The minimum Gasteiger partial charge on any atom is -0.493 e. The van der Waals surface area contributed by atoms with Gasteiger partial charge in [0.1, 0.15) is 11.4 Å². The molecule has 1 aromatic heterocycles. The lowest BCUT2D eigenvalue weighted by Gasteiger charge is -2.60. The average Bonchev–Trinajstić information content (AvgIpc) is 2.78. The molecule has 1 aliphatic heterocycles. The third-order valence-electron chi connectivity index (χ3n) is 7.65. The number of nitrogens with one attached hydrogen (secondary N) is 1. The standard InChI is InChI=1S/C27H31NO5/c1-7-15-20(14-12-18(30-4)25(32-6)19(13-14)31-5)21-22-24(33-27(2,3)23(15)21)16-10-8-9-11-17(16)28-26(22)29/h8-13,15,20-21,23H,7H2,1-6H3,(H,28,29)/t15-,20-,21+,23+/m1/s1. The lowest BCUT2D eigenvalue weighted by atomic mass is 9.47. The molecule has 6 heteroatoms. The molecule has 1 aliphatic carbocycles. The van der Waals surface area contributed by atoms with Gasteiger partial charge in [0.25, 0.3) is 5.56 Å². The van der Waals surface area contributed by atoms with Crippen molar-refractivity contribution in [3.05, 3.63) is 57.9 Å². The van der Waals surface area contributed by atoms with E-state index < -0.39 is 5.60 Å². The normalized spacial score (nSPS) is 24.8. The number of hydrogen-bond donors (Lipinski definition) is 1. The second kappa shape index (κ2) is 7.72. The molecule has 2 heterocycles. The van der Waals surface area contributed by atoms with Gasteiger partial charge in [-0.05, 0) is 55.5 Å². The van der Waals surface area contributed by atoms with Crippen molar-refractivity contribution in [2.24, 2.45) is 11.8 Å². The van der Waals surface area contributed by atoms with Crippen LogP contribution in [0.25, 0.3) is 10.9 Å². The fraction of sp³-hybridized carbons (Fsp3) is 0.444. The van der Waals surface area contributed by atoms with Crippen LogP contribution in [0, 0.1) is 11.8 Å². The summed E-state index contributed by atoms with van der Waals surface area (Å²) in [7, 11) is 4.87. The highest BCUT2D eigenvalue weighted by molar-refractivity contribution is 5.87. The molecule has 1 fully saturated rings. The molecule has 33 heavy (non-hydrogen) atoms. The van der Waals surface area contributed by atoms with E-state index >= 15 is 0 Å². The maximum atomic E-state index is 13.4. The van der Waals surface area contributed by atoms with Crippen molar-refractivity contribution in [2.45, 2.75) is 44.6 Å². The summed E-state index contributed by atoms with van der Waals surface area (Å²) in [6.07, 6.45) is 0.982. The van der Waals surface area contributed by atoms with Gasteiger partial charge in [-0.1, -0.05) is 25.5 Å². The number of H-pyrrole nitrogens is 1. The van der Waals surface area contributed by atoms with Crippen LogP contribution in [0.5, 0.6) is 23.0 Å². The number of aromatic amines is 1. The minimum absolute atomic E-state index is 0.0323. The number of para-hydroxylation sites is 1. The highest BCUT2D eigenvalue weighted by Crippen LogP contribution is 2.66. The number of pyridine rings is 1. The van der Waals surface area contributed by atoms with Crippen LogP contribution in [0.2, 0.25) is 0 Å². The highest BCUT2D eigenvalue weighted by Gasteiger charge is 2.61. The average molecular weight is 450 g/mol. The molecule has 0 radical (unpaired) electrons. The lowest BCUT2D eigenvalue weighted by Crippen LogP contribution is -2.59. The number of benzene rings is 2. The summed E-state index contributed by atoms with van der Waals surface area (Å²) >= 11 is 0. The Morgan fingerprint density at radius 2 is 1.67 bits per heavy atom. The number of fused-ring (bicyclic) bond motifs is 5. The molecule has 1 N–H and O–H groups in total. The molecule has 3 aromatic rings. The first-order valence-corrected chi connectivity index (χ1v) is 11.5. The van der Waals surface area contributed by atoms with Crippen molar-refractivity contribution in [3.8, 4) is 23.0 Å². The van der Waals surface area contributed by atoms with E-state index in [0.29, 0.717) is 28.9 Å². The predicted molar refractivity (Wildman–Crippen MR) is 128 cm³/mol. The molecule has 174 valence electrons. The molecule has 0 unspecified atom stereocenters. The van der Waals surface area contributed by atoms with E-state index in [1.165, 1.54) is 0 Å². The Morgan fingerprint density at radius 1 is 1.00 bits per heavy atom. The highest BCUT2D eigenvalue weighted by atomic mass is 16.5. The summed E-state index contributed by atoms with van der Waals surface area (Å²) in [5.74, 6) is 3.29. The van der Waals surface area contributed by atoms with Crippen molar-refractivity contribution < 1.29 is 18.9 Å². The van der Waals surface area contributed by atoms with Gasteiger partial charge < -0.3 is 23.9 Å². The first-order chi connectivity index (χ1) is 15.9. The second-order valence-electron chi connectivity index (χ2n) is 9.56. The number of rotatable bonds is 5. The van der Waals surface area contributed by atoms with Crippen LogP contribution in [0.4, 0.5) is 0 Å². The fourth-order valence-electron chi connectivity index (χ4n) is 6.37. The molecular weight excluding hydrogens is 418 g/mol. The molecule has 6 nitrogen and oxygen atoms in total. The maximum absolute atomic E-state index is 13.4.